The van der Waals surface area contributed by atoms with Crippen molar-refractivity contribution in [1.82, 2.24) is 9.29 Å². The number of benzene rings is 2. The molecule has 1 atom stereocenters. The molecule has 126 valence electrons. The van der Waals surface area contributed by atoms with Gasteiger partial charge in [-0.3, -0.25) is 0 Å². The fraction of sp³-hybridized carbons (Fsp3) is 0.176. The number of hydrogen-bond donors (Lipinski definition) is 2. The molecule has 0 radical (unpaired) electrons. The summed E-state index contributed by atoms with van der Waals surface area (Å²) in [6.07, 6.45) is 1.00. The molecule has 2 aromatic carbocycles. The van der Waals surface area contributed by atoms with Gasteiger partial charge in [-0.1, -0.05) is 17.7 Å². The molecule has 3 rings (SSSR count). The Balaban J connectivity index is 1.73. The van der Waals surface area contributed by atoms with E-state index in [1.165, 1.54) is 24.3 Å². The number of rotatable bonds is 5. The second-order valence-electron chi connectivity index (χ2n) is 5.57. The summed E-state index contributed by atoms with van der Waals surface area (Å²) in [5.74, 6) is 0. The molecule has 7 heteroatoms. The van der Waals surface area contributed by atoms with E-state index in [0.29, 0.717) is 10.6 Å². The van der Waals surface area contributed by atoms with E-state index in [1.54, 1.807) is 6.07 Å². The lowest BCUT2D eigenvalue weighted by Gasteiger charge is -2.13. The van der Waals surface area contributed by atoms with E-state index < -0.39 is 16.1 Å². The Morgan fingerprint density at radius 3 is 2.58 bits per heavy atom. The van der Waals surface area contributed by atoms with Crippen LogP contribution in [0.2, 0.25) is 5.02 Å². The molecular formula is C17H17ClN2O3S. The lowest BCUT2D eigenvalue weighted by Crippen LogP contribution is -2.28. The Morgan fingerprint density at radius 2 is 1.88 bits per heavy atom. The maximum atomic E-state index is 12.2. The van der Waals surface area contributed by atoms with Crippen LogP contribution >= 0.6 is 11.6 Å². The molecule has 0 aliphatic carbocycles. The predicted octanol–water partition coefficient (Wildman–Crippen LogP) is 2.84. The summed E-state index contributed by atoms with van der Waals surface area (Å²) in [6.45, 7) is -0.108. The van der Waals surface area contributed by atoms with Gasteiger partial charge in [0.1, 0.15) is 0 Å². The van der Waals surface area contributed by atoms with Crippen molar-refractivity contribution in [2.75, 3.05) is 6.54 Å². The van der Waals surface area contributed by atoms with Crippen molar-refractivity contribution in [3.05, 3.63) is 65.3 Å². The minimum atomic E-state index is -3.69. The second-order valence-corrected chi connectivity index (χ2v) is 7.77. The summed E-state index contributed by atoms with van der Waals surface area (Å²) in [7, 11) is -1.75. The molecule has 3 aromatic rings. The maximum Gasteiger partial charge on any atom is 0.240 e. The van der Waals surface area contributed by atoms with Gasteiger partial charge in [0.2, 0.25) is 10.0 Å². The fourth-order valence-corrected chi connectivity index (χ4v) is 3.68. The lowest BCUT2D eigenvalue weighted by molar-refractivity contribution is 0.182. The van der Waals surface area contributed by atoms with E-state index in [-0.39, 0.29) is 11.4 Å². The Morgan fingerprint density at radius 1 is 1.17 bits per heavy atom. The van der Waals surface area contributed by atoms with Crippen molar-refractivity contribution in [1.29, 1.82) is 0 Å². The predicted molar refractivity (Wildman–Crippen MR) is 94.5 cm³/mol. The number of nitrogens with one attached hydrogen (secondary N) is 1. The van der Waals surface area contributed by atoms with Crippen LogP contribution in [0.5, 0.6) is 0 Å². The number of nitrogens with zero attached hydrogens (tertiary/aromatic N) is 1. The summed E-state index contributed by atoms with van der Waals surface area (Å²) in [6, 6.07) is 13.4. The van der Waals surface area contributed by atoms with Gasteiger partial charge < -0.3 is 9.67 Å². The highest BCUT2D eigenvalue weighted by atomic mass is 35.5. The first-order chi connectivity index (χ1) is 11.4. The lowest BCUT2D eigenvalue weighted by atomic mass is 10.1. The molecule has 0 saturated heterocycles. The van der Waals surface area contributed by atoms with Crippen LogP contribution in [0.15, 0.2) is 59.6 Å². The SMILES string of the molecule is Cn1ccc2cc(C(O)CNS(=O)(=O)c3ccc(Cl)cc3)ccc21. The number of fused-ring (bicyclic) bond motifs is 1. The number of hydrogen-bond acceptors (Lipinski definition) is 3. The smallest absolute Gasteiger partial charge is 0.240 e. The summed E-state index contributed by atoms with van der Waals surface area (Å²) in [5, 5.41) is 11.7. The number of aromatic nitrogens is 1. The van der Waals surface area contributed by atoms with E-state index in [9.17, 15) is 13.5 Å². The third-order valence-electron chi connectivity index (χ3n) is 3.88. The first-order valence-electron chi connectivity index (χ1n) is 7.35. The highest BCUT2D eigenvalue weighted by molar-refractivity contribution is 7.89. The molecule has 0 amide bonds. The van der Waals surface area contributed by atoms with Gasteiger partial charge in [-0.2, -0.15) is 0 Å². The van der Waals surface area contributed by atoms with E-state index in [0.717, 1.165) is 10.9 Å². The van der Waals surface area contributed by atoms with Crippen molar-refractivity contribution < 1.29 is 13.5 Å². The van der Waals surface area contributed by atoms with Gasteiger partial charge >= 0.3 is 0 Å². The van der Waals surface area contributed by atoms with Crippen LogP contribution in [-0.4, -0.2) is 24.6 Å². The third kappa shape index (κ3) is 3.47. The maximum absolute atomic E-state index is 12.2. The molecule has 0 bridgehead atoms. The van der Waals surface area contributed by atoms with E-state index >= 15 is 0 Å². The van der Waals surface area contributed by atoms with Crippen LogP contribution in [0.25, 0.3) is 10.9 Å². The highest BCUT2D eigenvalue weighted by Crippen LogP contribution is 2.21. The zero-order chi connectivity index (χ0) is 17.3. The van der Waals surface area contributed by atoms with Crippen LogP contribution in [0.4, 0.5) is 0 Å². The zero-order valence-electron chi connectivity index (χ0n) is 13.0. The van der Waals surface area contributed by atoms with Crippen molar-refractivity contribution in [3.8, 4) is 0 Å². The van der Waals surface area contributed by atoms with Gasteiger partial charge in [0.05, 0.1) is 11.0 Å². The standard InChI is InChI=1S/C17H17ClN2O3S/c1-20-9-8-12-10-13(2-7-16(12)20)17(21)11-19-24(22,23)15-5-3-14(18)4-6-15/h2-10,17,19,21H,11H2,1H3. The van der Waals surface area contributed by atoms with Crippen LogP contribution < -0.4 is 4.72 Å². The number of halogens is 1. The Kier molecular flexibility index (Phi) is 4.64. The van der Waals surface area contributed by atoms with Crippen LogP contribution in [-0.2, 0) is 17.1 Å². The van der Waals surface area contributed by atoms with Crippen LogP contribution in [0.1, 0.15) is 11.7 Å². The molecule has 2 N–H and O–H groups in total. The second kappa shape index (κ2) is 6.57. The molecule has 0 fully saturated rings. The van der Waals surface area contributed by atoms with E-state index in [1.807, 2.05) is 36.0 Å². The van der Waals surface area contributed by atoms with Crippen LogP contribution in [0, 0.1) is 0 Å². The highest BCUT2D eigenvalue weighted by Gasteiger charge is 2.17. The topological polar surface area (TPSA) is 71.3 Å². The molecule has 24 heavy (non-hydrogen) atoms. The number of sulfonamides is 1. The number of aliphatic hydroxyl groups excluding tert-OH is 1. The van der Waals surface area contributed by atoms with Crippen LogP contribution in [0.3, 0.4) is 0 Å². The van der Waals surface area contributed by atoms with Gasteiger partial charge in [-0.25, -0.2) is 13.1 Å². The zero-order valence-corrected chi connectivity index (χ0v) is 14.6. The largest absolute Gasteiger partial charge is 0.387 e. The molecule has 0 aliphatic heterocycles. The molecule has 0 saturated carbocycles. The molecule has 1 unspecified atom stereocenters. The molecule has 0 aliphatic rings. The number of aliphatic hydroxyl groups is 1. The Bertz CT molecular complexity index is 965. The monoisotopic (exact) mass is 364 g/mol. The van der Waals surface area contributed by atoms with Gasteiger partial charge in [0.15, 0.2) is 0 Å². The Hall–Kier alpha value is -1.86. The van der Waals surface area contributed by atoms with Gasteiger partial charge in [-0.05, 0) is 53.4 Å². The summed E-state index contributed by atoms with van der Waals surface area (Å²) >= 11 is 5.76. The molecule has 1 aromatic heterocycles. The molecule has 1 heterocycles. The summed E-state index contributed by atoms with van der Waals surface area (Å²) < 4.78 is 28.9. The summed E-state index contributed by atoms with van der Waals surface area (Å²) in [4.78, 5) is 0.109. The minimum absolute atomic E-state index is 0.108. The Labute approximate surface area is 145 Å². The van der Waals surface area contributed by atoms with Crippen molar-refractivity contribution in [2.45, 2.75) is 11.0 Å². The quantitative estimate of drug-likeness (QED) is 0.731. The molecular weight excluding hydrogens is 348 g/mol. The van der Waals surface area contributed by atoms with Gasteiger partial charge in [-0.15, -0.1) is 0 Å². The first-order valence-corrected chi connectivity index (χ1v) is 9.21. The normalized spacial score (nSPS) is 13.3. The number of aryl methyl sites for hydroxylation is 1. The van der Waals surface area contributed by atoms with Gasteiger partial charge in [0.25, 0.3) is 0 Å². The summed E-state index contributed by atoms with van der Waals surface area (Å²) in [5.41, 5.74) is 1.71. The average molecular weight is 365 g/mol. The molecule has 0 spiro atoms. The van der Waals surface area contributed by atoms with Gasteiger partial charge in [0, 0.05) is 30.3 Å². The fourth-order valence-electron chi connectivity index (χ4n) is 2.51. The minimum Gasteiger partial charge on any atom is -0.387 e. The van der Waals surface area contributed by atoms with Crippen molar-refractivity contribution in [2.24, 2.45) is 7.05 Å². The molecule has 5 nitrogen and oxygen atoms in total. The van der Waals surface area contributed by atoms with Crippen molar-refractivity contribution in [3.63, 3.8) is 0 Å². The average Bonchev–Trinajstić information content (AvgIpc) is 2.94. The van der Waals surface area contributed by atoms with E-state index in [4.69, 9.17) is 11.6 Å². The van der Waals surface area contributed by atoms with Crippen molar-refractivity contribution >= 4 is 32.5 Å². The third-order valence-corrected chi connectivity index (χ3v) is 5.58. The first kappa shape index (κ1) is 17.0. The van der Waals surface area contributed by atoms with E-state index in [2.05, 4.69) is 4.72 Å².